The molecule has 3 rings (SSSR count). The first kappa shape index (κ1) is 28.5. The van der Waals surface area contributed by atoms with E-state index >= 15 is 0 Å². The van der Waals surface area contributed by atoms with E-state index in [-0.39, 0.29) is 29.2 Å². The van der Waals surface area contributed by atoms with Crippen LogP contribution in [0.3, 0.4) is 0 Å². The molecule has 0 aromatic heterocycles. The molecule has 2 aliphatic rings. The van der Waals surface area contributed by atoms with Crippen LogP contribution in [-0.4, -0.2) is 81.1 Å². The van der Waals surface area contributed by atoms with Crippen molar-refractivity contribution in [2.75, 3.05) is 25.0 Å². The second-order valence-electron chi connectivity index (χ2n) is 10.3. The Morgan fingerprint density at radius 3 is 2.28 bits per heavy atom. The monoisotopic (exact) mass is 556 g/mol. The van der Waals surface area contributed by atoms with Crippen molar-refractivity contribution in [3.8, 4) is 0 Å². The van der Waals surface area contributed by atoms with Gasteiger partial charge in [0.15, 0.2) is 0 Å². The smallest absolute Gasteiger partial charge is 0.465 e. The summed E-state index contributed by atoms with van der Waals surface area (Å²) < 4.78 is 87.8. The molecule has 2 fully saturated rings. The SMILES string of the molecule is CC(C)(C)C1CN(C(=O)O)CCN1C1CC[C@H](Nc2ccc(S(N)(=O)=O)cc2S(=O)(=O)C(F)(F)F)C1. The Balaban J connectivity index is 1.86. The lowest BCUT2D eigenvalue weighted by molar-refractivity contribution is -0.0435. The maximum absolute atomic E-state index is 13.3. The lowest BCUT2D eigenvalue weighted by Crippen LogP contribution is -2.61. The normalized spacial score (nSPS) is 24.6. The molecule has 0 spiro atoms. The molecule has 0 bridgehead atoms. The van der Waals surface area contributed by atoms with Gasteiger partial charge in [0.05, 0.1) is 10.6 Å². The number of primary sulfonamides is 1. The number of carbonyl (C=O) groups is 1. The number of piperazine rings is 1. The van der Waals surface area contributed by atoms with Crippen LogP contribution in [0.5, 0.6) is 0 Å². The summed E-state index contributed by atoms with van der Waals surface area (Å²) in [5.41, 5.74) is -6.23. The molecule has 1 aliphatic heterocycles. The number of amides is 1. The molecule has 1 aliphatic carbocycles. The van der Waals surface area contributed by atoms with Crippen molar-refractivity contribution in [3.05, 3.63) is 18.2 Å². The van der Waals surface area contributed by atoms with Crippen LogP contribution in [0, 0.1) is 5.41 Å². The van der Waals surface area contributed by atoms with Crippen LogP contribution in [0.4, 0.5) is 23.7 Å². The lowest BCUT2D eigenvalue weighted by Gasteiger charge is -2.49. The van der Waals surface area contributed by atoms with E-state index in [1.807, 2.05) is 20.8 Å². The summed E-state index contributed by atoms with van der Waals surface area (Å²) in [4.78, 5) is 13.2. The van der Waals surface area contributed by atoms with Crippen LogP contribution in [0.15, 0.2) is 28.0 Å². The maximum Gasteiger partial charge on any atom is 0.501 e. The minimum Gasteiger partial charge on any atom is -0.465 e. The number of anilines is 1. The van der Waals surface area contributed by atoms with Gasteiger partial charge < -0.3 is 15.3 Å². The van der Waals surface area contributed by atoms with E-state index in [1.54, 1.807) is 0 Å². The fourth-order valence-corrected chi connectivity index (χ4v) is 6.50. The highest BCUT2D eigenvalue weighted by atomic mass is 32.2. The number of hydrogen-bond acceptors (Lipinski definition) is 7. The number of nitrogens with two attached hydrogens (primary N) is 1. The second kappa shape index (κ2) is 9.65. The lowest BCUT2D eigenvalue weighted by atomic mass is 9.83. The predicted octanol–water partition coefficient (Wildman–Crippen LogP) is 2.67. The molecule has 1 amide bonds. The third-order valence-corrected chi connectivity index (χ3v) is 9.24. The van der Waals surface area contributed by atoms with Crippen molar-refractivity contribution in [1.29, 1.82) is 0 Å². The molecule has 3 atom stereocenters. The summed E-state index contributed by atoms with van der Waals surface area (Å²) >= 11 is 0. The van der Waals surface area contributed by atoms with Gasteiger partial charge >= 0.3 is 11.6 Å². The van der Waals surface area contributed by atoms with Gasteiger partial charge in [0.1, 0.15) is 4.90 Å². The highest BCUT2D eigenvalue weighted by Gasteiger charge is 2.49. The number of nitrogens with zero attached hydrogens (tertiary/aromatic N) is 2. The zero-order valence-corrected chi connectivity index (χ0v) is 21.8. The highest BCUT2D eigenvalue weighted by Crippen LogP contribution is 2.39. The zero-order chi connectivity index (χ0) is 27.3. The maximum atomic E-state index is 13.3. The van der Waals surface area contributed by atoms with E-state index in [0.29, 0.717) is 45.0 Å². The van der Waals surface area contributed by atoms with Gasteiger partial charge in [0.25, 0.3) is 9.84 Å². The van der Waals surface area contributed by atoms with Crippen molar-refractivity contribution in [3.63, 3.8) is 0 Å². The quantitative estimate of drug-likeness (QED) is 0.501. The zero-order valence-electron chi connectivity index (χ0n) is 20.1. The summed E-state index contributed by atoms with van der Waals surface area (Å²) in [5, 5.41) is 17.3. The Morgan fingerprint density at radius 1 is 1.11 bits per heavy atom. The van der Waals surface area contributed by atoms with E-state index in [1.165, 1.54) is 4.90 Å². The number of rotatable bonds is 5. The van der Waals surface area contributed by atoms with Crippen LogP contribution >= 0.6 is 0 Å². The Labute approximate surface area is 208 Å². The number of hydrogen-bond donors (Lipinski definition) is 3. The van der Waals surface area contributed by atoms with E-state index in [0.717, 1.165) is 12.1 Å². The van der Waals surface area contributed by atoms with Gasteiger partial charge in [0, 0.05) is 37.8 Å². The molecular formula is C21H31F3N4O6S2. The number of sulfone groups is 1. The Bertz CT molecular complexity index is 1210. The van der Waals surface area contributed by atoms with Gasteiger partial charge in [-0.25, -0.2) is 26.8 Å². The van der Waals surface area contributed by atoms with Crippen LogP contribution < -0.4 is 10.5 Å². The van der Waals surface area contributed by atoms with Crippen LogP contribution in [0.1, 0.15) is 40.0 Å². The molecule has 0 radical (unpaired) electrons. The number of halogens is 3. The molecular weight excluding hydrogens is 525 g/mol. The first-order valence-electron chi connectivity index (χ1n) is 11.3. The number of benzene rings is 1. The van der Waals surface area contributed by atoms with Gasteiger partial charge in [-0.1, -0.05) is 20.8 Å². The van der Waals surface area contributed by atoms with Crippen LogP contribution in [0.25, 0.3) is 0 Å². The molecule has 15 heteroatoms. The predicted molar refractivity (Wildman–Crippen MR) is 126 cm³/mol. The topological polar surface area (TPSA) is 150 Å². The van der Waals surface area contributed by atoms with Gasteiger partial charge in [-0.2, -0.15) is 13.2 Å². The van der Waals surface area contributed by atoms with Gasteiger partial charge in [-0.15, -0.1) is 0 Å². The number of carboxylic acid groups (broad SMARTS) is 1. The third-order valence-electron chi connectivity index (χ3n) is 6.80. The van der Waals surface area contributed by atoms with Gasteiger partial charge in [0.2, 0.25) is 10.0 Å². The van der Waals surface area contributed by atoms with E-state index in [9.17, 15) is 39.9 Å². The average molecular weight is 557 g/mol. The average Bonchev–Trinajstić information content (AvgIpc) is 3.19. The van der Waals surface area contributed by atoms with Crippen molar-refractivity contribution in [2.24, 2.45) is 10.6 Å². The highest BCUT2D eigenvalue weighted by molar-refractivity contribution is 7.92. The molecule has 1 saturated carbocycles. The molecule has 1 heterocycles. The first-order valence-corrected chi connectivity index (χ1v) is 14.3. The fourth-order valence-electron chi connectivity index (χ4n) is 4.93. The Hall–Kier alpha value is -2.10. The summed E-state index contributed by atoms with van der Waals surface area (Å²) in [7, 11) is -10.3. The summed E-state index contributed by atoms with van der Waals surface area (Å²) in [6.45, 7) is 7.21. The van der Waals surface area contributed by atoms with E-state index < -0.39 is 41.3 Å². The summed E-state index contributed by atoms with van der Waals surface area (Å²) in [5.74, 6) is 0. The fraction of sp³-hybridized carbons (Fsp3) is 0.667. The van der Waals surface area contributed by atoms with Crippen LogP contribution in [-0.2, 0) is 19.9 Å². The standard InChI is InChI=1S/C21H31F3N4O6S2/c1-20(2,3)18-12-27(19(29)30)8-9-28(18)14-5-4-13(10-14)26-16-7-6-15(36(25,33)34)11-17(16)35(31,32)21(22,23)24/h6-7,11,13-14,18,26H,4-5,8-10,12H2,1-3H3,(H,29,30)(H2,25,33,34)/t13-,14?,18?/m0/s1. The Morgan fingerprint density at radius 2 is 1.75 bits per heavy atom. The minimum absolute atomic E-state index is 0.00837. The van der Waals surface area contributed by atoms with Gasteiger partial charge in [-0.05, 0) is 42.9 Å². The summed E-state index contributed by atoms with van der Waals surface area (Å²) in [6, 6.07) is 1.91. The van der Waals surface area contributed by atoms with Crippen molar-refractivity contribution in [1.82, 2.24) is 9.80 Å². The van der Waals surface area contributed by atoms with E-state index in [2.05, 4.69) is 10.2 Å². The molecule has 1 saturated heterocycles. The van der Waals surface area contributed by atoms with Crippen LogP contribution in [0.2, 0.25) is 0 Å². The summed E-state index contributed by atoms with van der Waals surface area (Å²) in [6.07, 6.45) is 0.704. The Kier molecular flexibility index (Phi) is 7.63. The molecule has 1 aromatic carbocycles. The molecule has 36 heavy (non-hydrogen) atoms. The van der Waals surface area contributed by atoms with E-state index in [4.69, 9.17) is 5.14 Å². The van der Waals surface area contributed by atoms with Crippen molar-refractivity contribution >= 4 is 31.6 Å². The third kappa shape index (κ3) is 5.89. The molecule has 204 valence electrons. The van der Waals surface area contributed by atoms with Crippen molar-refractivity contribution in [2.45, 2.75) is 73.5 Å². The number of sulfonamides is 1. The molecule has 10 nitrogen and oxygen atoms in total. The second-order valence-corrected chi connectivity index (χ2v) is 13.8. The first-order chi connectivity index (χ1) is 16.3. The molecule has 1 aromatic rings. The van der Waals surface area contributed by atoms with Crippen molar-refractivity contribution < 1.29 is 39.9 Å². The number of alkyl halides is 3. The minimum atomic E-state index is -5.86. The molecule has 2 unspecified atom stereocenters. The molecule has 4 N–H and O–H groups in total. The largest absolute Gasteiger partial charge is 0.501 e. The number of nitrogens with one attached hydrogen (secondary N) is 1. The van der Waals surface area contributed by atoms with Gasteiger partial charge in [-0.3, -0.25) is 4.90 Å².